The fourth-order valence-corrected chi connectivity index (χ4v) is 4.46. The number of carbonyl (C=O) groups is 1. The van der Waals surface area contributed by atoms with Gasteiger partial charge in [-0.25, -0.2) is 4.39 Å². The van der Waals surface area contributed by atoms with Crippen LogP contribution in [0.3, 0.4) is 0 Å². The number of hydrogen-bond acceptors (Lipinski definition) is 5. The molecule has 2 aliphatic heterocycles. The molecule has 0 unspecified atom stereocenters. The highest BCUT2D eigenvalue weighted by molar-refractivity contribution is 8.00. The molecule has 0 radical (unpaired) electrons. The topological polar surface area (TPSA) is 42.0 Å². The largest absolute Gasteiger partial charge is 0.486 e. The molecule has 0 N–H and O–H groups in total. The molecule has 1 saturated heterocycles. The van der Waals surface area contributed by atoms with Gasteiger partial charge in [-0.05, 0) is 30.3 Å². The third-order valence-electron chi connectivity index (χ3n) is 5.04. The van der Waals surface area contributed by atoms with E-state index in [1.54, 1.807) is 12.1 Å². The van der Waals surface area contributed by atoms with Crippen molar-refractivity contribution in [2.75, 3.05) is 45.1 Å². The van der Waals surface area contributed by atoms with E-state index in [0.29, 0.717) is 62.3 Å². The Morgan fingerprint density at radius 3 is 2.59 bits per heavy atom. The van der Waals surface area contributed by atoms with Crippen molar-refractivity contribution in [1.29, 1.82) is 0 Å². The van der Waals surface area contributed by atoms with Crippen molar-refractivity contribution in [3.63, 3.8) is 0 Å². The third kappa shape index (κ3) is 4.97. The second kappa shape index (κ2) is 9.24. The summed E-state index contributed by atoms with van der Waals surface area (Å²) in [7, 11) is 0. The molecule has 2 heterocycles. The zero-order valence-electron chi connectivity index (χ0n) is 15.9. The fraction of sp³-hybridized carbons (Fsp3) is 0.381. The quantitative estimate of drug-likeness (QED) is 0.669. The first-order chi connectivity index (χ1) is 14.1. The van der Waals surface area contributed by atoms with Gasteiger partial charge in [-0.3, -0.25) is 9.69 Å². The number of carbonyl (C=O) groups excluding carboxylic acids is 1. The van der Waals surface area contributed by atoms with Gasteiger partial charge in [0.15, 0.2) is 11.5 Å². The maximum absolute atomic E-state index is 14.0. The first kappa shape index (κ1) is 20.3. The smallest absolute Gasteiger partial charge is 0.233 e. The molecule has 0 aromatic heterocycles. The van der Waals surface area contributed by atoms with E-state index in [0.717, 1.165) is 16.4 Å². The van der Waals surface area contributed by atoms with Crippen LogP contribution in [-0.4, -0.2) is 60.9 Å². The first-order valence-corrected chi connectivity index (χ1v) is 10.9. The number of thioether (sulfide) groups is 1. The van der Waals surface area contributed by atoms with Crippen molar-refractivity contribution in [3.8, 4) is 11.5 Å². The average molecular weight is 437 g/mol. The number of amides is 1. The number of ether oxygens (including phenoxy) is 2. The highest BCUT2D eigenvalue weighted by Gasteiger charge is 2.23. The number of hydrogen-bond donors (Lipinski definition) is 0. The molecule has 4 rings (SSSR count). The summed E-state index contributed by atoms with van der Waals surface area (Å²) in [5.41, 5.74) is 0.517. The molecule has 5 nitrogen and oxygen atoms in total. The van der Waals surface area contributed by atoms with Crippen LogP contribution in [0.25, 0.3) is 0 Å². The number of halogens is 2. The lowest BCUT2D eigenvalue weighted by Gasteiger charge is -2.35. The van der Waals surface area contributed by atoms with Crippen molar-refractivity contribution in [2.45, 2.75) is 11.4 Å². The summed E-state index contributed by atoms with van der Waals surface area (Å²) in [6.07, 6.45) is 0. The van der Waals surface area contributed by atoms with Crippen LogP contribution in [0.2, 0.25) is 5.02 Å². The zero-order chi connectivity index (χ0) is 20.2. The number of fused-ring (bicyclic) bond motifs is 1. The Balaban J connectivity index is 1.26. The Labute approximate surface area is 178 Å². The number of nitrogens with zero attached hydrogens (tertiary/aromatic N) is 2. The molecule has 0 aliphatic carbocycles. The molecule has 1 amide bonds. The molecule has 2 aliphatic rings. The Bertz CT molecular complexity index is 870. The van der Waals surface area contributed by atoms with E-state index in [-0.39, 0.29) is 11.7 Å². The van der Waals surface area contributed by atoms with Gasteiger partial charge in [0.1, 0.15) is 19.0 Å². The van der Waals surface area contributed by atoms with Crippen LogP contribution in [0.5, 0.6) is 11.5 Å². The van der Waals surface area contributed by atoms with Crippen LogP contribution in [-0.2, 0) is 11.3 Å². The van der Waals surface area contributed by atoms with E-state index in [1.165, 1.54) is 17.8 Å². The molecule has 154 valence electrons. The van der Waals surface area contributed by atoms with Gasteiger partial charge in [0, 0.05) is 48.2 Å². The van der Waals surface area contributed by atoms with E-state index >= 15 is 0 Å². The summed E-state index contributed by atoms with van der Waals surface area (Å²) in [5, 5.41) is 0.444. The van der Waals surface area contributed by atoms with Gasteiger partial charge >= 0.3 is 0 Å². The Kier molecular flexibility index (Phi) is 6.47. The van der Waals surface area contributed by atoms with Crippen LogP contribution in [0, 0.1) is 5.82 Å². The normalized spacial score (nSPS) is 16.7. The van der Waals surface area contributed by atoms with Crippen molar-refractivity contribution in [1.82, 2.24) is 9.80 Å². The molecule has 29 heavy (non-hydrogen) atoms. The molecule has 0 spiro atoms. The lowest BCUT2D eigenvalue weighted by Crippen LogP contribution is -2.48. The molecule has 0 saturated carbocycles. The zero-order valence-corrected chi connectivity index (χ0v) is 17.5. The summed E-state index contributed by atoms with van der Waals surface area (Å²) >= 11 is 7.62. The SMILES string of the molecule is O=C(CSc1ccc2c(c1)OCCO2)N1CCN(Cc2c(F)cccc2Cl)CC1. The Morgan fingerprint density at radius 2 is 1.83 bits per heavy atom. The average Bonchev–Trinajstić information content (AvgIpc) is 2.75. The summed E-state index contributed by atoms with van der Waals surface area (Å²) in [4.78, 5) is 17.6. The lowest BCUT2D eigenvalue weighted by molar-refractivity contribution is -0.130. The minimum atomic E-state index is -0.285. The van der Waals surface area contributed by atoms with Crippen LogP contribution in [0.15, 0.2) is 41.3 Å². The summed E-state index contributed by atoms with van der Waals surface area (Å²) in [5.74, 6) is 1.67. The van der Waals surface area contributed by atoms with Crippen molar-refractivity contribution < 1.29 is 18.7 Å². The summed E-state index contributed by atoms with van der Waals surface area (Å²) < 4.78 is 25.1. The van der Waals surface area contributed by atoms with Crippen molar-refractivity contribution in [2.24, 2.45) is 0 Å². The molecular formula is C21H22ClFN2O3S. The number of piperazine rings is 1. The summed E-state index contributed by atoms with van der Waals surface area (Å²) in [6.45, 7) is 4.23. The van der Waals surface area contributed by atoms with Gasteiger partial charge in [-0.1, -0.05) is 17.7 Å². The van der Waals surface area contributed by atoms with E-state index in [1.807, 2.05) is 23.1 Å². The van der Waals surface area contributed by atoms with Crippen LogP contribution in [0.4, 0.5) is 4.39 Å². The van der Waals surface area contributed by atoms with Crippen molar-refractivity contribution in [3.05, 3.63) is 52.8 Å². The molecule has 0 bridgehead atoms. The predicted octanol–water partition coefficient (Wildman–Crippen LogP) is 3.69. The Morgan fingerprint density at radius 1 is 1.07 bits per heavy atom. The van der Waals surface area contributed by atoms with Crippen LogP contribution >= 0.6 is 23.4 Å². The first-order valence-electron chi connectivity index (χ1n) is 9.55. The maximum atomic E-state index is 14.0. The Hall–Kier alpha value is -1.96. The minimum absolute atomic E-state index is 0.105. The monoisotopic (exact) mass is 436 g/mol. The molecule has 1 fully saturated rings. The second-order valence-corrected chi connectivity index (χ2v) is 8.41. The molecule has 2 aromatic rings. The highest BCUT2D eigenvalue weighted by atomic mass is 35.5. The van der Waals surface area contributed by atoms with E-state index in [2.05, 4.69) is 4.90 Å². The van der Waals surface area contributed by atoms with Gasteiger partial charge in [0.2, 0.25) is 5.91 Å². The maximum Gasteiger partial charge on any atom is 0.233 e. The van der Waals surface area contributed by atoms with E-state index < -0.39 is 0 Å². The van der Waals surface area contributed by atoms with Gasteiger partial charge in [0.25, 0.3) is 0 Å². The lowest BCUT2D eigenvalue weighted by atomic mass is 10.2. The van der Waals surface area contributed by atoms with Crippen LogP contribution in [0.1, 0.15) is 5.56 Å². The van der Waals surface area contributed by atoms with Crippen molar-refractivity contribution >= 4 is 29.3 Å². The van der Waals surface area contributed by atoms with E-state index in [4.69, 9.17) is 21.1 Å². The van der Waals surface area contributed by atoms with Gasteiger partial charge in [-0.15, -0.1) is 11.8 Å². The van der Waals surface area contributed by atoms with Crippen LogP contribution < -0.4 is 9.47 Å². The minimum Gasteiger partial charge on any atom is -0.486 e. The second-order valence-electron chi connectivity index (χ2n) is 6.95. The van der Waals surface area contributed by atoms with Gasteiger partial charge in [0.05, 0.1) is 5.75 Å². The molecular weight excluding hydrogens is 415 g/mol. The van der Waals surface area contributed by atoms with E-state index in [9.17, 15) is 9.18 Å². The molecule has 0 atom stereocenters. The molecule has 8 heteroatoms. The third-order valence-corrected chi connectivity index (χ3v) is 6.38. The molecule has 2 aromatic carbocycles. The fourth-order valence-electron chi connectivity index (χ4n) is 3.41. The summed E-state index contributed by atoms with van der Waals surface area (Å²) in [6, 6.07) is 10.5. The van der Waals surface area contributed by atoms with Gasteiger partial charge in [-0.2, -0.15) is 0 Å². The number of benzene rings is 2. The number of rotatable bonds is 5. The standard InChI is InChI=1S/C21H22ClFN2O3S/c22-17-2-1-3-18(23)16(17)13-24-6-8-25(9-7-24)21(26)14-29-15-4-5-19-20(12-15)28-11-10-27-19/h1-5,12H,6-11,13-14H2. The predicted molar refractivity (Wildman–Crippen MR) is 111 cm³/mol. The highest BCUT2D eigenvalue weighted by Crippen LogP contribution is 2.34. The van der Waals surface area contributed by atoms with Gasteiger partial charge < -0.3 is 14.4 Å².